The Labute approximate surface area is 114 Å². The number of hydrogen-bond donors (Lipinski definition) is 3. The van der Waals surface area contributed by atoms with Crippen molar-refractivity contribution in [3.63, 3.8) is 0 Å². The van der Waals surface area contributed by atoms with Gasteiger partial charge in [0.2, 0.25) is 0 Å². The van der Waals surface area contributed by atoms with Crippen molar-refractivity contribution in [1.29, 1.82) is 0 Å². The van der Waals surface area contributed by atoms with E-state index >= 15 is 0 Å². The second-order valence-corrected chi connectivity index (χ2v) is 5.24. The maximum atomic E-state index is 9.94. The van der Waals surface area contributed by atoms with Crippen LogP contribution in [0.3, 0.4) is 0 Å². The molecule has 5 nitrogen and oxygen atoms in total. The minimum Gasteiger partial charge on any atom is -0.391 e. The predicted molar refractivity (Wildman–Crippen MR) is 76.2 cm³/mol. The molecule has 3 N–H and O–H groups in total. The molecular weight excluding hydrogens is 240 g/mol. The first-order valence-corrected chi connectivity index (χ1v) is 7.16. The third kappa shape index (κ3) is 3.88. The van der Waals surface area contributed by atoms with Crippen LogP contribution in [0.25, 0.3) is 0 Å². The lowest BCUT2D eigenvalue weighted by molar-refractivity contribution is 0.0883. The molecule has 1 saturated heterocycles. The highest BCUT2D eigenvalue weighted by atomic mass is 16.3. The van der Waals surface area contributed by atoms with E-state index in [9.17, 15) is 5.11 Å². The van der Waals surface area contributed by atoms with Crippen LogP contribution in [0.1, 0.15) is 31.2 Å². The SMILES string of the molecule is CCCc1cnc(C)nc1NC[C@@H]1CCNC[C@H]1O. The molecule has 0 aliphatic carbocycles. The molecule has 0 saturated carbocycles. The van der Waals surface area contributed by atoms with E-state index < -0.39 is 0 Å². The van der Waals surface area contributed by atoms with E-state index in [1.165, 1.54) is 0 Å². The van der Waals surface area contributed by atoms with E-state index in [2.05, 4.69) is 27.5 Å². The summed E-state index contributed by atoms with van der Waals surface area (Å²) in [4.78, 5) is 8.74. The number of aromatic nitrogens is 2. The van der Waals surface area contributed by atoms with Crippen LogP contribution in [-0.4, -0.2) is 40.8 Å². The zero-order valence-corrected chi connectivity index (χ0v) is 11.8. The summed E-state index contributed by atoms with van der Waals surface area (Å²) in [5.41, 5.74) is 1.16. The van der Waals surface area contributed by atoms with E-state index in [0.29, 0.717) is 12.5 Å². The number of piperidine rings is 1. The summed E-state index contributed by atoms with van der Waals surface area (Å²) < 4.78 is 0. The molecule has 0 radical (unpaired) electrons. The van der Waals surface area contributed by atoms with Crippen LogP contribution in [0.15, 0.2) is 6.20 Å². The summed E-state index contributed by atoms with van der Waals surface area (Å²) in [6, 6.07) is 0. The van der Waals surface area contributed by atoms with Gasteiger partial charge in [0.15, 0.2) is 0 Å². The average Bonchev–Trinajstić information content (AvgIpc) is 2.41. The number of nitrogens with zero attached hydrogens (tertiary/aromatic N) is 2. The van der Waals surface area contributed by atoms with Crippen molar-refractivity contribution in [3.05, 3.63) is 17.6 Å². The first-order chi connectivity index (χ1) is 9.20. The van der Waals surface area contributed by atoms with Crippen molar-refractivity contribution in [1.82, 2.24) is 15.3 Å². The molecule has 1 aliphatic rings. The third-order valence-electron chi connectivity index (χ3n) is 3.63. The van der Waals surface area contributed by atoms with Gasteiger partial charge >= 0.3 is 0 Å². The molecule has 5 heteroatoms. The molecule has 2 heterocycles. The zero-order chi connectivity index (χ0) is 13.7. The standard InChI is InChI=1S/C14H24N4O/c1-3-4-12-8-16-10(2)18-14(12)17-7-11-5-6-15-9-13(11)19/h8,11,13,15,19H,3-7,9H2,1-2H3,(H,16,17,18)/t11-,13+/m0/s1. The summed E-state index contributed by atoms with van der Waals surface area (Å²) >= 11 is 0. The maximum Gasteiger partial charge on any atom is 0.132 e. The van der Waals surface area contributed by atoms with Gasteiger partial charge < -0.3 is 15.7 Å². The van der Waals surface area contributed by atoms with Gasteiger partial charge in [-0.1, -0.05) is 13.3 Å². The van der Waals surface area contributed by atoms with Crippen LogP contribution in [0.4, 0.5) is 5.82 Å². The van der Waals surface area contributed by atoms with Crippen molar-refractivity contribution in [2.45, 2.75) is 39.2 Å². The molecule has 0 unspecified atom stereocenters. The lowest BCUT2D eigenvalue weighted by atomic mass is 9.95. The molecule has 0 amide bonds. The molecule has 2 atom stereocenters. The highest BCUT2D eigenvalue weighted by molar-refractivity contribution is 5.43. The summed E-state index contributed by atoms with van der Waals surface area (Å²) in [6.45, 7) is 6.50. The molecule has 1 aromatic heterocycles. The van der Waals surface area contributed by atoms with Crippen LogP contribution < -0.4 is 10.6 Å². The maximum absolute atomic E-state index is 9.94. The fraction of sp³-hybridized carbons (Fsp3) is 0.714. The van der Waals surface area contributed by atoms with E-state index in [4.69, 9.17) is 0 Å². The third-order valence-corrected chi connectivity index (χ3v) is 3.63. The molecule has 0 spiro atoms. The van der Waals surface area contributed by atoms with Gasteiger partial charge in [0.25, 0.3) is 0 Å². The van der Waals surface area contributed by atoms with Gasteiger partial charge in [-0.3, -0.25) is 0 Å². The number of aliphatic hydroxyl groups is 1. The van der Waals surface area contributed by atoms with Gasteiger partial charge in [0.05, 0.1) is 6.10 Å². The Morgan fingerprint density at radius 2 is 2.37 bits per heavy atom. The number of β-amino-alcohol motifs (C(OH)–C–C–N with tert-alkyl or cyclic N) is 1. The van der Waals surface area contributed by atoms with Gasteiger partial charge in [-0.05, 0) is 26.3 Å². The largest absolute Gasteiger partial charge is 0.391 e. The number of anilines is 1. The number of aliphatic hydroxyl groups excluding tert-OH is 1. The Balaban J connectivity index is 1.99. The van der Waals surface area contributed by atoms with Gasteiger partial charge in [0.1, 0.15) is 11.6 Å². The first-order valence-electron chi connectivity index (χ1n) is 7.16. The predicted octanol–water partition coefficient (Wildman–Crippen LogP) is 1.12. The van der Waals surface area contributed by atoms with Gasteiger partial charge in [-0.15, -0.1) is 0 Å². The quantitative estimate of drug-likeness (QED) is 0.743. The minimum atomic E-state index is -0.265. The highest BCUT2D eigenvalue weighted by Gasteiger charge is 2.22. The van der Waals surface area contributed by atoms with Gasteiger partial charge in [-0.25, -0.2) is 9.97 Å². The van der Waals surface area contributed by atoms with E-state index in [0.717, 1.165) is 49.6 Å². The highest BCUT2D eigenvalue weighted by Crippen LogP contribution is 2.17. The first kappa shape index (κ1) is 14.2. The van der Waals surface area contributed by atoms with E-state index in [-0.39, 0.29) is 6.10 Å². The Bertz CT molecular complexity index is 410. The monoisotopic (exact) mass is 264 g/mol. The van der Waals surface area contributed by atoms with Crippen molar-refractivity contribution in [2.24, 2.45) is 5.92 Å². The summed E-state index contributed by atoms with van der Waals surface area (Å²) in [5.74, 6) is 2.01. The second-order valence-electron chi connectivity index (χ2n) is 5.24. The van der Waals surface area contributed by atoms with Crippen LogP contribution in [0.5, 0.6) is 0 Å². The lowest BCUT2D eigenvalue weighted by Gasteiger charge is -2.28. The van der Waals surface area contributed by atoms with Crippen molar-refractivity contribution < 1.29 is 5.11 Å². The topological polar surface area (TPSA) is 70.1 Å². The number of rotatable bonds is 5. The smallest absolute Gasteiger partial charge is 0.132 e. The minimum absolute atomic E-state index is 0.265. The molecule has 0 aromatic carbocycles. The molecular formula is C14H24N4O. The normalized spacial score (nSPS) is 23.3. The van der Waals surface area contributed by atoms with Crippen molar-refractivity contribution in [3.8, 4) is 0 Å². The van der Waals surface area contributed by atoms with Crippen molar-refractivity contribution in [2.75, 3.05) is 25.0 Å². The summed E-state index contributed by atoms with van der Waals surface area (Å²) in [6.07, 6.45) is 4.71. The molecule has 19 heavy (non-hydrogen) atoms. The van der Waals surface area contributed by atoms with Gasteiger partial charge in [-0.2, -0.15) is 0 Å². The van der Waals surface area contributed by atoms with Crippen LogP contribution >= 0.6 is 0 Å². The lowest BCUT2D eigenvalue weighted by Crippen LogP contribution is -2.43. The molecule has 106 valence electrons. The Morgan fingerprint density at radius 1 is 1.53 bits per heavy atom. The summed E-state index contributed by atoms with van der Waals surface area (Å²) in [5, 5.41) is 16.5. The van der Waals surface area contributed by atoms with Crippen LogP contribution in [0, 0.1) is 12.8 Å². The average molecular weight is 264 g/mol. The van der Waals surface area contributed by atoms with E-state index in [1.807, 2.05) is 13.1 Å². The molecule has 1 aliphatic heterocycles. The fourth-order valence-corrected chi connectivity index (χ4v) is 2.46. The zero-order valence-electron chi connectivity index (χ0n) is 11.8. The second kappa shape index (κ2) is 6.82. The van der Waals surface area contributed by atoms with Crippen molar-refractivity contribution >= 4 is 5.82 Å². The Hall–Kier alpha value is -1.20. The fourth-order valence-electron chi connectivity index (χ4n) is 2.46. The Kier molecular flexibility index (Phi) is 5.10. The number of nitrogens with one attached hydrogen (secondary N) is 2. The number of hydrogen-bond acceptors (Lipinski definition) is 5. The van der Waals surface area contributed by atoms with Crippen LogP contribution in [0.2, 0.25) is 0 Å². The summed E-state index contributed by atoms with van der Waals surface area (Å²) in [7, 11) is 0. The molecule has 0 bridgehead atoms. The molecule has 2 rings (SSSR count). The van der Waals surface area contributed by atoms with Gasteiger partial charge in [0, 0.05) is 30.8 Å². The van der Waals surface area contributed by atoms with E-state index in [1.54, 1.807) is 0 Å². The molecule has 1 aromatic rings. The Morgan fingerprint density at radius 3 is 3.11 bits per heavy atom. The van der Waals surface area contributed by atoms with Crippen LogP contribution in [-0.2, 0) is 6.42 Å². The molecule has 1 fully saturated rings. The number of aryl methyl sites for hydroxylation is 2.